The van der Waals surface area contributed by atoms with Crippen molar-refractivity contribution in [1.82, 2.24) is 9.97 Å². The molecule has 0 unspecified atom stereocenters. The first-order valence-corrected chi connectivity index (χ1v) is 15.6. The maximum atomic E-state index is 15.6. The Hall–Kier alpha value is -4.59. The van der Waals surface area contributed by atoms with E-state index in [1.165, 1.54) is 43.4 Å². The monoisotopic (exact) mass is 546 g/mol. The number of fused-ring (bicyclic) bond motifs is 9. The molecule has 196 valence electrons. The average molecular weight is 547 g/mol. The lowest BCUT2D eigenvalue weighted by atomic mass is 9.81. The minimum absolute atomic E-state index is 0.268. The summed E-state index contributed by atoms with van der Waals surface area (Å²) in [6.07, 6.45) is 6.95. The Morgan fingerprint density at radius 1 is 0.561 bits per heavy atom. The van der Waals surface area contributed by atoms with Gasteiger partial charge in [0.1, 0.15) is 0 Å². The molecule has 0 aliphatic heterocycles. The molecule has 41 heavy (non-hydrogen) atoms. The lowest BCUT2D eigenvalue weighted by Crippen LogP contribution is -2.27. The molecule has 0 atom stereocenters. The molecule has 5 aromatic carbocycles. The van der Waals surface area contributed by atoms with Crippen molar-refractivity contribution in [3.05, 3.63) is 139 Å². The largest absolute Gasteiger partial charge is 0.308 e. The quantitative estimate of drug-likeness (QED) is 0.167. The van der Waals surface area contributed by atoms with Gasteiger partial charge in [-0.25, -0.2) is 0 Å². The molecule has 0 N–H and O–H groups in total. The van der Waals surface area contributed by atoms with E-state index in [1.807, 2.05) is 30.3 Å². The van der Waals surface area contributed by atoms with Gasteiger partial charge in [-0.15, -0.1) is 0 Å². The number of rotatable bonds is 3. The predicted octanol–water partition coefficient (Wildman–Crippen LogP) is 7.88. The normalized spacial score (nSPS) is 13.9. The Bertz CT molecular complexity index is 2160. The summed E-state index contributed by atoms with van der Waals surface area (Å²) in [5.74, 6) is 0. The Morgan fingerprint density at radius 3 is 1.63 bits per heavy atom. The number of nitrogens with zero attached hydrogens (tertiary/aromatic N) is 2. The van der Waals surface area contributed by atoms with Gasteiger partial charge in [0.2, 0.25) is 0 Å². The van der Waals surface area contributed by atoms with E-state index in [0.717, 1.165) is 16.4 Å². The van der Waals surface area contributed by atoms with Crippen LogP contribution in [-0.4, -0.2) is 9.97 Å². The van der Waals surface area contributed by atoms with Gasteiger partial charge in [-0.05, 0) is 91.0 Å². The van der Waals surface area contributed by atoms with Gasteiger partial charge in [0.05, 0.1) is 0 Å². The molecule has 8 rings (SSSR count). The van der Waals surface area contributed by atoms with Gasteiger partial charge in [0.25, 0.3) is 0 Å². The molecule has 0 fully saturated rings. The molecule has 0 spiro atoms. The number of hydrogen-bond acceptors (Lipinski definition) is 3. The van der Waals surface area contributed by atoms with Crippen molar-refractivity contribution >= 4 is 55.4 Å². The van der Waals surface area contributed by atoms with Gasteiger partial charge in [-0.3, -0.25) is 9.97 Å². The number of hydrogen-bond donors (Lipinski definition) is 0. The Balaban J connectivity index is 1.52. The molecule has 1 aliphatic rings. The number of benzene rings is 5. The first kappa shape index (κ1) is 24.2. The molecule has 0 saturated heterocycles. The van der Waals surface area contributed by atoms with E-state index in [-0.39, 0.29) is 5.41 Å². The molecule has 2 aromatic heterocycles. The minimum Gasteiger partial charge on any atom is -0.308 e. The van der Waals surface area contributed by atoms with Crippen LogP contribution in [0.3, 0.4) is 0 Å². The standard InChI is InChI=1S/C37H27N2OP/c1-37(2)33-16-7-17-35(41(40,24-10-8-18-38-22-24)25-11-9-19-39-23-25)36(33)32-20-30-28-14-5-3-12-26(28)27-13-4-6-15-29(27)31(30)21-34(32)37/h3-23H,1-2H3. The van der Waals surface area contributed by atoms with Crippen molar-refractivity contribution in [2.45, 2.75) is 19.3 Å². The summed E-state index contributed by atoms with van der Waals surface area (Å²) < 4.78 is 15.6. The predicted molar refractivity (Wildman–Crippen MR) is 172 cm³/mol. The second-order valence-electron chi connectivity index (χ2n) is 11.4. The van der Waals surface area contributed by atoms with Crippen molar-refractivity contribution in [3.8, 4) is 11.1 Å². The van der Waals surface area contributed by atoms with E-state index in [1.54, 1.807) is 24.8 Å². The fourth-order valence-electron chi connectivity index (χ4n) is 6.93. The van der Waals surface area contributed by atoms with Crippen LogP contribution in [-0.2, 0) is 9.98 Å². The van der Waals surface area contributed by atoms with Gasteiger partial charge in [0.15, 0.2) is 7.14 Å². The van der Waals surface area contributed by atoms with Gasteiger partial charge in [-0.1, -0.05) is 80.6 Å². The van der Waals surface area contributed by atoms with Gasteiger partial charge in [-0.2, -0.15) is 0 Å². The molecule has 3 nitrogen and oxygen atoms in total. The molecule has 0 radical (unpaired) electrons. The van der Waals surface area contributed by atoms with Gasteiger partial charge in [0, 0.05) is 46.1 Å². The summed E-state index contributed by atoms with van der Waals surface area (Å²) >= 11 is 0. The van der Waals surface area contributed by atoms with E-state index < -0.39 is 7.14 Å². The molecule has 4 heteroatoms. The summed E-state index contributed by atoms with van der Waals surface area (Å²) in [7, 11) is -3.30. The number of aromatic nitrogens is 2. The van der Waals surface area contributed by atoms with Gasteiger partial charge >= 0.3 is 0 Å². The molecule has 0 saturated carbocycles. The van der Waals surface area contributed by atoms with Crippen molar-refractivity contribution in [2.75, 3.05) is 0 Å². The fraction of sp³-hybridized carbons (Fsp3) is 0.0811. The summed E-state index contributed by atoms with van der Waals surface area (Å²) in [4.78, 5) is 8.76. The highest BCUT2D eigenvalue weighted by Gasteiger charge is 2.42. The third-order valence-corrected chi connectivity index (χ3v) is 11.9. The molecule has 7 aromatic rings. The summed E-state index contributed by atoms with van der Waals surface area (Å²) in [5.41, 5.74) is 4.42. The van der Waals surface area contributed by atoms with Crippen molar-refractivity contribution in [3.63, 3.8) is 0 Å². The average Bonchev–Trinajstić information content (AvgIpc) is 3.26. The lowest BCUT2D eigenvalue weighted by molar-refractivity contribution is 0.592. The van der Waals surface area contributed by atoms with Crippen LogP contribution in [0.2, 0.25) is 0 Å². The molecule has 1 aliphatic carbocycles. The van der Waals surface area contributed by atoms with E-state index in [0.29, 0.717) is 10.6 Å². The smallest absolute Gasteiger partial charge is 0.174 e. The third kappa shape index (κ3) is 3.30. The highest BCUT2D eigenvalue weighted by atomic mass is 31.2. The van der Waals surface area contributed by atoms with E-state index in [9.17, 15) is 0 Å². The Morgan fingerprint density at radius 2 is 1.10 bits per heavy atom. The van der Waals surface area contributed by atoms with Crippen LogP contribution in [0.25, 0.3) is 43.4 Å². The van der Waals surface area contributed by atoms with Crippen molar-refractivity contribution in [1.29, 1.82) is 0 Å². The molecular weight excluding hydrogens is 519 g/mol. The van der Waals surface area contributed by atoms with E-state index in [2.05, 4.69) is 96.6 Å². The second-order valence-corrected chi connectivity index (χ2v) is 14.1. The van der Waals surface area contributed by atoms with Crippen molar-refractivity contribution < 1.29 is 4.57 Å². The SMILES string of the molecule is CC1(C)c2cc3c4ccccc4c4ccccc4c3cc2-c2c1cccc2P(=O)(c1cccnc1)c1cccnc1. The first-order valence-electron chi connectivity index (χ1n) is 13.9. The van der Waals surface area contributed by atoms with Crippen LogP contribution < -0.4 is 15.9 Å². The van der Waals surface area contributed by atoms with E-state index in [4.69, 9.17) is 0 Å². The fourth-order valence-corrected chi connectivity index (χ4v) is 9.69. The zero-order chi connectivity index (χ0) is 27.8. The van der Waals surface area contributed by atoms with E-state index >= 15 is 4.57 Å². The van der Waals surface area contributed by atoms with Crippen LogP contribution in [0.15, 0.2) is 128 Å². The molecule has 2 heterocycles. The van der Waals surface area contributed by atoms with Crippen LogP contribution in [0.4, 0.5) is 0 Å². The second kappa shape index (κ2) is 8.70. The maximum Gasteiger partial charge on any atom is 0.174 e. The van der Waals surface area contributed by atoms with Crippen molar-refractivity contribution in [2.24, 2.45) is 0 Å². The Labute approximate surface area is 238 Å². The summed E-state index contributed by atoms with van der Waals surface area (Å²) in [6.45, 7) is 4.57. The third-order valence-electron chi connectivity index (χ3n) is 8.90. The Kier molecular flexibility index (Phi) is 5.14. The first-order chi connectivity index (χ1) is 20.0. The van der Waals surface area contributed by atoms with Crippen LogP contribution in [0, 0.1) is 0 Å². The molecule has 0 bridgehead atoms. The summed E-state index contributed by atoms with van der Waals surface area (Å²) in [5, 5.41) is 9.74. The highest BCUT2D eigenvalue weighted by molar-refractivity contribution is 7.85. The van der Waals surface area contributed by atoms with Crippen LogP contribution >= 0.6 is 7.14 Å². The maximum absolute atomic E-state index is 15.6. The zero-order valence-electron chi connectivity index (χ0n) is 22.9. The topological polar surface area (TPSA) is 42.9 Å². The minimum atomic E-state index is -3.30. The highest BCUT2D eigenvalue weighted by Crippen LogP contribution is 2.55. The van der Waals surface area contributed by atoms with Gasteiger partial charge < -0.3 is 4.57 Å². The van der Waals surface area contributed by atoms with Crippen LogP contribution in [0.1, 0.15) is 25.0 Å². The summed E-state index contributed by atoms with van der Waals surface area (Å²) in [6, 6.07) is 36.0. The van der Waals surface area contributed by atoms with Crippen LogP contribution in [0.5, 0.6) is 0 Å². The number of pyridine rings is 2. The molecule has 0 amide bonds. The molecular formula is C37H27N2OP. The zero-order valence-corrected chi connectivity index (χ0v) is 23.8. The lowest BCUT2D eigenvalue weighted by Gasteiger charge is -2.24.